The zero-order valence-electron chi connectivity index (χ0n) is 17.2. The third kappa shape index (κ3) is 7.72. The monoisotopic (exact) mass is 378 g/mol. The SMILES string of the molecule is C=CCCC(CCCC(CCc1ccccc1)c1ccccc1)C(=O)OCC. The highest BCUT2D eigenvalue weighted by atomic mass is 16.5. The van der Waals surface area contributed by atoms with E-state index in [0.29, 0.717) is 12.5 Å². The summed E-state index contributed by atoms with van der Waals surface area (Å²) in [6, 6.07) is 21.5. The number of esters is 1. The molecule has 28 heavy (non-hydrogen) atoms. The number of hydrogen-bond acceptors (Lipinski definition) is 2. The van der Waals surface area contributed by atoms with E-state index in [2.05, 4.69) is 67.2 Å². The highest BCUT2D eigenvalue weighted by Gasteiger charge is 2.20. The van der Waals surface area contributed by atoms with E-state index in [1.807, 2.05) is 13.0 Å². The van der Waals surface area contributed by atoms with E-state index in [0.717, 1.165) is 44.9 Å². The Bertz CT molecular complexity index is 678. The van der Waals surface area contributed by atoms with Crippen LogP contribution in [-0.2, 0) is 16.0 Å². The van der Waals surface area contributed by atoms with Gasteiger partial charge in [0.25, 0.3) is 0 Å². The first-order valence-corrected chi connectivity index (χ1v) is 10.6. The first kappa shape index (κ1) is 21.9. The second kappa shape index (κ2) is 12.9. The standard InChI is InChI=1S/C26H34O2/c1-3-5-15-25(26(27)28-4-2)19-12-18-24(23-16-10-7-11-17-23)21-20-22-13-8-6-9-14-22/h3,6-11,13-14,16-17,24-25H,1,4-5,12,15,18-21H2,2H3. The Morgan fingerprint density at radius 2 is 1.64 bits per heavy atom. The first-order valence-electron chi connectivity index (χ1n) is 10.6. The summed E-state index contributed by atoms with van der Waals surface area (Å²) < 4.78 is 5.28. The predicted octanol–water partition coefficient (Wildman–Crippen LogP) is 6.72. The first-order chi connectivity index (χ1) is 13.7. The van der Waals surface area contributed by atoms with Crippen LogP contribution in [0, 0.1) is 5.92 Å². The molecule has 150 valence electrons. The summed E-state index contributed by atoms with van der Waals surface area (Å²) >= 11 is 0. The van der Waals surface area contributed by atoms with Crippen molar-refractivity contribution >= 4 is 5.97 Å². The fourth-order valence-corrected chi connectivity index (χ4v) is 3.76. The molecule has 2 nitrogen and oxygen atoms in total. The van der Waals surface area contributed by atoms with Crippen molar-refractivity contribution in [2.75, 3.05) is 6.61 Å². The van der Waals surface area contributed by atoms with Crippen molar-refractivity contribution in [3.63, 3.8) is 0 Å². The molecule has 0 fully saturated rings. The van der Waals surface area contributed by atoms with E-state index in [9.17, 15) is 4.79 Å². The van der Waals surface area contributed by atoms with Crippen LogP contribution in [0.15, 0.2) is 73.3 Å². The van der Waals surface area contributed by atoms with E-state index in [-0.39, 0.29) is 11.9 Å². The van der Waals surface area contributed by atoms with E-state index >= 15 is 0 Å². The van der Waals surface area contributed by atoms with Gasteiger partial charge in [0, 0.05) is 0 Å². The largest absolute Gasteiger partial charge is 0.466 e. The van der Waals surface area contributed by atoms with Crippen molar-refractivity contribution in [3.05, 3.63) is 84.4 Å². The molecule has 0 N–H and O–H groups in total. The van der Waals surface area contributed by atoms with Crippen molar-refractivity contribution < 1.29 is 9.53 Å². The molecule has 0 saturated carbocycles. The van der Waals surface area contributed by atoms with Gasteiger partial charge in [-0.3, -0.25) is 4.79 Å². The molecule has 2 atom stereocenters. The van der Waals surface area contributed by atoms with Gasteiger partial charge in [-0.15, -0.1) is 6.58 Å². The quantitative estimate of drug-likeness (QED) is 0.286. The number of benzene rings is 2. The van der Waals surface area contributed by atoms with E-state index < -0.39 is 0 Å². The van der Waals surface area contributed by atoms with Crippen LogP contribution in [-0.4, -0.2) is 12.6 Å². The maximum atomic E-state index is 12.2. The summed E-state index contributed by atoms with van der Waals surface area (Å²) in [6.07, 6.45) is 8.82. The van der Waals surface area contributed by atoms with E-state index in [1.54, 1.807) is 0 Å². The molecule has 2 aromatic carbocycles. The molecule has 2 unspecified atom stereocenters. The highest BCUT2D eigenvalue weighted by molar-refractivity contribution is 5.72. The molecule has 0 bridgehead atoms. The maximum Gasteiger partial charge on any atom is 0.308 e. The van der Waals surface area contributed by atoms with Gasteiger partial charge in [-0.05, 0) is 62.5 Å². The summed E-state index contributed by atoms with van der Waals surface area (Å²) in [6.45, 7) is 6.11. The van der Waals surface area contributed by atoms with Crippen LogP contribution in [0.4, 0.5) is 0 Å². The summed E-state index contributed by atoms with van der Waals surface area (Å²) in [5.74, 6) is 0.456. The average molecular weight is 379 g/mol. The molecule has 0 aliphatic rings. The van der Waals surface area contributed by atoms with Gasteiger partial charge in [0.15, 0.2) is 0 Å². The van der Waals surface area contributed by atoms with Gasteiger partial charge in [0.05, 0.1) is 12.5 Å². The molecule has 2 rings (SSSR count). The molecular weight excluding hydrogens is 344 g/mol. The molecule has 0 aliphatic heterocycles. The van der Waals surface area contributed by atoms with Crippen molar-refractivity contribution in [2.24, 2.45) is 5.92 Å². The van der Waals surface area contributed by atoms with Gasteiger partial charge in [-0.2, -0.15) is 0 Å². The summed E-state index contributed by atoms with van der Waals surface area (Å²) in [4.78, 5) is 12.2. The number of hydrogen-bond donors (Lipinski definition) is 0. The summed E-state index contributed by atoms with van der Waals surface area (Å²) in [5.41, 5.74) is 2.79. The zero-order valence-corrected chi connectivity index (χ0v) is 17.2. The molecule has 0 saturated heterocycles. The van der Waals surface area contributed by atoms with Gasteiger partial charge in [0.2, 0.25) is 0 Å². The van der Waals surface area contributed by atoms with Crippen molar-refractivity contribution in [2.45, 2.75) is 57.8 Å². The topological polar surface area (TPSA) is 26.3 Å². The van der Waals surface area contributed by atoms with Gasteiger partial charge >= 0.3 is 5.97 Å². The normalized spacial score (nSPS) is 12.9. The van der Waals surface area contributed by atoms with Crippen molar-refractivity contribution in [1.29, 1.82) is 0 Å². The van der Waals surface area contributed by atoms with Crippen LogP contribution in [0.5, 0.6) is 0 Å². The number of rotatable bonds is 13. The Hall–Kier alpha value is -2.35. The fraction of sp³-hybridized carbons (Fsp3) is 0.423. The third-order valence-corrected chi connectivity index (χ3v) is 5.34. The van der Waals surface area contributed by atoms with Crippen molar-refractivity contribution in [3.8, 4) is 0 Å². The minimum Gasteiger partial charge on any atom is -0.466 e. The molecule has 0 radical (unpaired) electrons. The van der Waals surface area contributed by atoms with Crippen LogP contribution in [0.2, 0.25) is 0 Å². The second-order valence-electron chi connectivity index (χ2n) is 7.38. The number of carbonyl (C=O) groups excluding carboxylic acids is 1. The lowest BCUT2D eigenvalue weighted by atomic mass is 9.86. The Balaban J connectivity index is 1.95. The molecule has 0 aliphatic carbocycles. The van der Waals surface area contributed by atoms with Gasteiger partial charge < -0.3 is 4.74 Å². The maximum absolute atomic E-state index is 12.2. The summed E-state index contributed by atoms with van der Waals surface area (Å²) in [7, 11) is 0. The third-order valence-electron chi connectivity index (χ3n) is 5.34. The average Bonchev–Trinajstić information content (AvgIpc) is 2.74. The molecule has 0 spiro atoms. The van der Waals surface area contributed by atoms with Gasteiger partial charge in [0.1, 0.15) is 0 Å². The number of aryl methyl sites for hydroxylation is 1. The second-order valence-corrected chi connectivity index (χ2v) is 7.38. The van der Waals surface area contributed by atoms with Crippen LogP contribution in [0.3, 0.4) is 0 Å². The van der Waals surface area contributed by atoms with Gasteiger partial charge in [-0.25, -0.2) is 0 Å². The number of allylic oxidation sites excluding steroid dienone is 1. The predicted molar refractivity (Wildman–Crippen MR) is 117 cm³/mol. The van der Waals surface area contributed by atoms with E-state index in [1.165, 1.54) is 11.1 Å². The Labute approximate surface area is 170 Å². The molecular formula is C26H34O2. The smallest absolute Gasteiger partial charge is 0.308 e. The van der Waals surface area contributed by atoms with Crippen LogP contribution in [0.1, 0.15) is 62.5 Å². The number of ether oxygens (including phenoxy) is 1. The van der Waals surface area contributed by atoms with Crippen LogP contribution >= 0.6 is 0 Å². The molecule has 0 heterocycles. The zero-order chi connectivity index (χ0) is 20.0. The lowest BCUT2D eigenvalue weighted by Crippen LogP contribution is -2.18. The molecule has 0 aromatic heterocycles. The van der Waals surface area contributed by atoms with Crippen LogP contribution in [0.25, 0.3) is 0 Å². The van der Waals surface area contributed by atoms with E-state index in [4.69, 9.17) is 4.74 Å². The lowest BCUT2D eigenvalue weighted by molar-refractivity contribution is -0.148. The summed E-state index contributed by atoms with van der Waals surface area (Å²) in [5, 5.41) is 0. The van der Waals surface area contributed by atoms with Crippen molar-refractivity contribution in [1.82, 2.24) is 0 Å². The molecule has 2 heteroatoms. The Morgan fingerprint density at radius 3 is 2.29 bits per heavy atom. The van der Waals surface area contributed by atoms with Crippen LogP contribution < -0.4 is 0 Å². The minimum absolute atomic E-state index is 0.0107. The minimum atomic E-state index is -0.0510. The number of carbonyl (C=O) groups is 1. The Morgan fingerprint density at radius 1 is 0.964 bits per heavy atom. The molecule has 0 amide bonds. The highest BCUT2D eigenvalue weighted by Crippen LogP contribution is 2.29. The Kier molecular flexibility index (Phi) is 10.1. The van der Waals surface area contributed by atoms with Gasteiger partial charge in [-0.1, -0.05) is 73.2 Å². The molecule has 2 aromatic rings. The fourth-order valence-electron chi connectivity index (χ4n) is 3.76. The lowest BCUT2D eigenvalue weighted by Gasteiger charge is -2.20.